The third kappa shape index (κ3) is 3.85. The second-order valence-corrected chi connectivity index (χ2v) is 4.58. The van der Waals surface area contributed by atoms with Crippen LogP contribution < -0.4 is 0 Å². The van der Waals surface area contributed by atoms with E-state index in [0.717, 1.165) is 11.4 Å². The van der Waals surface area contributed by atoms with Crippen molar-refractivity contribution in [1.82, 2.24) is 20.0 Å². The fourth-order valence-electron chi connectivity index (χ4n) is 1.83. The molecule has 0 spiro atoms. The Labute approximate surface area is 122 Å². The Kier molecular flexibility index (Phi) is 4.99. The average molecular weight is 290 g/mol. The predicted molar refractivity (Wildman–Crippen MR) is 75.0 cm³/mol. The Morgan fingerprint density at radius 3 is 2.81 bits per heavy atom. The van der Waals surface area contributed by atoms with Crippen LogP contribution in [0.25, 0.3) is 0 Å². The molecule has 0 unspecified atom stereocenters. The largest absolute Gasteiger partial charge is 0.458 e. The zero-order valence-electron chi connectivity index (χ0n) is 12.4. The lowest BCUT2D eigenvalue weighted by atomic mass is 10.3. The van der Waals surface area contributed by atoms with Crippen molar-refractivity contribution >= 4 is 5.97 Å². The van der Waals surface area contributed by atoms with Crippen molar-refractivity contribution in [2.75, 3.05) is 20.3 Å². The van der Waals surface area contributed by atoms with Crippen LogP contribution in [0.2, 0.25) is 0 Å². The highest BCUT2D eigenvalue weighted by atomic mass is 16.6. The third-order valence-electron chi connectivity index (χ3n) is 2.95. The van der Waals surface area contributed by atoms with Crippen molar-refractivity contribution in [1.29, 1.82) is 0 Å². The minimum absolute atomic E-state index is 0.196. The van der Waals surface area contributed by atoms with E-state index in [1.165, 1.54) is 0 Å². The zero-order chi connectivity index (χ0) is 15.2. The summed E-state index contributed by atoms with van der Waals surface area (Å²) in [6.45, 7) is 4.72. The summed E-state index contributed by atoms with van der Waals surface area (Å²) in [5.74, 6) is -0.493. The van der Waals surface area contributed by atoms with Crippen LogP contribution >= 0.6 is 0 Å². The molecule has 7 heteroatoms. The maximum Gasteiger partial charge on any atom is 0.360 e. The van der Waals surface area contributed by atoms with Gasteiger partial charge in [-0.25, -0.2) is 9.48 Å². The number of nitrogens with zero attached hydrogens (tertiary/aromatic N) is 4. The summed E-state index contributed by atoms with van der Waals surface area (Å²) in [4.78, 5) is 16.3. The van der Waals surface area contributed by atoms with Crippen molar-refractivity contribution in [3.63, 3.8) is 0 Å². The van der Waals surface area contributed by atoms with Gasteiger partial charge in [0.05, 0.1) is 24.5 Å². The number of pyridine rings is 1. The monoisotopic (exact) mass is 290 g/mol. The molecule has 2 aromatic heterocycles. The van der Waals surface area contributed by atoms with Crippen LogP contribution in [0.15, 0.2) is 18.2 Å². The number of aromatic nitrogens is 4. The fraction of sp³-hybridized carbons (Fsp3) is 0.429. The highest BCUT2D eigenvalue weighted by Gasteiger charge is 2.18. The SMILES string of the molecule is COCCOC(=O)c1nnn(Cc2cccc(C)n2)c1C. The highest BCUT2D eigenvalue weighted by Crippen LogP contribution is 2.08. The summed E-state index contributed by atoms with van der Waals surface area (Å²) in [5, 5.41) is 7.87. The van der Waals surface area contributed by atoms with E-state index < -0.39 is 5.97 Å². The molecular formula is C14H18N4O3. The summed E-state index contributed by atoms with van der Waals surface area (Å²) in [6, 6.07) is 5.77. The number of carbonyl (C=O) groups excluding carboxylic acids is 1. The smallest absolute Gasteiger partial charge is 0.360 e. The van der Waals surface area contributed by atoms with Gasteiger partial charge in [0.15, 0.2) is 5.69 Å². The summed E-state index contributed by atoms with van der Waals surface area (Å²) in [6.07, 6.45) is 0. The zero-order valence-corrected chi connectivity index (χ0v) is 12.4. The number of ether oxygens (including phenoxy) is 2. The first-order valence-corrected chi connectivity index (χ1v) is 6.60. The lowest BCUT2D eigenvalue weighted by Gasteiger charge is -2.05. The van der Waals surface area contributed by atoms with E-state index >= 15 is 0 Å². The van der Waals surface area contributed by atoms with E-state index in [-0.39, 0.29) is 12.3 Å². The molecule has 0 atom stereocenters. The van der Waals surface area contributed by atoms with E-state index in [4.69, 9.17) is 9.47 Å². The minimum Gasteiger partial charge on any atom is -0.458 e. The maximum atomic E-state index is 11.9. The first kappa shape index (κ1) is 15.1. The topological polar surface area (TPSA) is 79.1 Å². The highest BCUT2D eigenvalue weighted by molar-refractivity contribution is 5.88. The molecule has 0 saturated carbocycles. The molecule has 0 bridgehead atoms. The molecule has 0 aliphatic carbocycles. The van der Waals surface area contributed by atoms with Crippen molar-refractivity contribution in [2.24, 2.45) is 0 Å². The quantitative estimate of drug-likeness (QED) is 0.586. The fourth-order valence-corrected chi connectivity index (χ4v) is 1.83. The van der Waals surface area contributed by atoms with E-state index in [1.54, 1.807) is 18.7 Å². The Morgan fingerprint density at radius 1 is 1.29 bits per heavy atom. The normalized spacial score (nSPS) is 10.6. The molecule has 2 rings (SSSR count). The predicted octanol–water partition coefficient (Wildman–Crippen LogP) is 1.14. The van der Waals surface area contributed by atoms with Gasteiger partial charge in [0.1, 0.15) is 6.61 Å². The van der Waals surface area contributed by atoms with Gasteiger partial charge in [0.2, 0.25) is 0 Å². The Morgan fingerprint density at radius 2 is 2.10 bits per heavy atom. The van der Waals surface area contributed by atoms with E-state index in [2.05, 4.69) is 15.3 Å². The molecule has 2 aromatic rings. The van der Waals surface area contributed by atoms with E-state index in [1.807, 2.05) is 25.1 Å². The first-order valence-electron chi connectivity index (χ1n) is 6.60. The summed E-state index contributed by atoms with van der Waals surface area (Å²) in [5.41, 5.74) is 2.67. The molecule has 2 heterocycles. The van der Waals surface area contributed by atoms with Gasteiger partial charge < -0.3 is 9.47 Å². The van der Waals surface area contributed by atoms with E-state index in [9.17, 15) is 4.79 Å². The third-order valence-corrected chi connectivity index (χ3v) is 2.95. The van der Waals surface area contributed by atoms with Crippen LogP contribution in [0.1, 0.15) is 27.6 Å². The Hall–Kier alpha value is -2.28. The van der Waals surface area contributed by atoms with Crippen LogP contribution in [-0.2, 0) is 16.0 Å². The number of hydrogen-bond acceptors (Lipinski definition) is 6. The molecule has 0 fully saturated rings. The number of methoxy groups -OCH3 is 1. The second kappa shape index (κ2) is 6.94. The summed E-state index contributed by atoms with van der Waals surface area (Å²) in [7, 11) is 1.55. The standard InChI is InChI=1S/C14H18N4O3/c1-10-5-4-6-12(15-10)9-18-11(2)13(16-17-18)14(19)21-8-7-20-3/h4-6H,7-9H2,1-3H3. The van der Waals surface area contributed by atoms with Gasteiger partial charge in [0, 0.05) is 12.8 Å². The molecule has 21 heavy (non-hydrogen) atoms. The molecule has 112 valence electrons. The maximum absolute atomic E-state index is 11.9. The Balaban J connectivity index is 2.08. The first-order chi connectivity index (χ1) is 10.1. The van der Waals surface area contributed by atoms with Crippen LogP contribution in [-0.4, -0.2) is 46.3 Å². The summed E-state index contributed by atoms with van der Waals surface area (Å²) < 4.78 is 11.5. The van der Waals surface area contributed by atoms with Crippen LogP contribution in [0.5, 0.6) is 0 Å². The van der Waals surface area contributed by atoms with Crippen LogP contribution in [0.3, 0.4) is 0 Å². The summed E-state index contributed by atoms with van der Waals surface area (Å²) >= 11 is 0. The molecule has 0 aromatic carbocycles. The van der Waals surface area contributed by atoms with Crippen molar-refractivity contribution < 1.29 is 14.3 Å². The lowest BCUT2D eigenvalue weighted by Crippen LogP contribution is -2.12. The van der Waals surface area contributed by atoms with Gasteiger partial charge >= 0.3 is 5.97 Å². The number of esters is 1. The molecule has 0 amide bonds. The molecule has 0 aliphatic heterocycles. The Bertz CT molecular complexity index is 624. The minimum atomic E-state index is -0.493. The van der Waals surface area contributed by atoms with Crippen LogP contribution in [0.4, 0.5) is 0 Å². The number of carbonyl (C=O) groups is 1. The van der Waals surface area contributed by atoms with Gasteiger partial charge in [0.25, 0.3) is 0 Å². The molecule has 7 nitrogen and oxygen atoms in total. The van der Waals surface area contributed by atoms with Crippen molar-refractivity contribution in [3.05, 3.63) is 41.0 Å². The molecule has 0 aliphatic rings. The number of aryl methyl sites for hydroxylation is 1. The number of rotatable bonds is 6. The second-order valence-electron chi connectivity index (χ2n) is 4.58. The van der Waals surface area contributed by atoms with Crippen LogP contribution in [0, 0.1) is 13.8 Å². The van der Waals surface area contributed by atoms with Gasteiger partial charge in [-0.15, -0.1) is 5.10 Å². The molecule has 0 saturated heterocycles. The van der Waals surface area contributed by atoms with Gasteiger partial charge in [-0.1, -0.05) is 11.3 Å². The number of hydrogen-bond donors (Lipinski definition) is 0. The van der Waals surface area contributed by atoms with Crippen molar-refractivity contribution in [3.8, 4) is 0 Å². The van der Waals surface area contributed by atoms with Gasteiger partial charge in [-0.2, -0.15) is 0 Å². The lowest BCUT2D eigenvalue weighted by molar-refractivity contribution is 0.0380. The average Bonchev–Trinajstić information content (AvgIpc) is 2.80. The molecule has 0 N–H and O–H groups in total. The van der Waals surface area contributed by atoms with Gasteiger partial charge in [-0.05, 0) is 26.0 Å². The van der Waals surface area contributed by atoms with Crippen molar-refractivity contribution in [2.45, 2.75) is 20.4 Å². The van der Waals surface area contributed by atoms with E-state index in [0.29, 0.717) is 18.8 Å². The van der Waals surface area contributed by atoms with Gasteiger partial charge in [-0.3, -0.25) is 4.98 Å². The molecular weight excluding hydrogens is 272 g/mol. The molecule has 0 radical (unpaired) electrons.